The number of carbonyl (C=O) groups is 2. The number of carboxylic acid groups (broad SMARTS) is 1. The van der Waals surface area contributed by atoms with Crippen LogP contribution in [0.4, 0.5) is 5.69 Å². The molecule has 0 aromatic heterocycles. The Kier molecular flexibility index (Phi) is 4.84. The fourth-order valence-corrected chi connectivity index (χ4v) is 2.99. The van der Waals surface area contributed by atoms with Gasteiger partial charge < -0.3 is 15.2 Å². The molecule has 5 nitrogen and oxygen atoms in total. The summed E-state index contributed by atoms with van der Waals surface area (Å²) in [5.41, 5.74) is 3.27. The third-order valence-corrected chi connectivity index (χ3v) is 4.30. The van der Waals surface area contributed by atoms with Gasteiger partial charge >= 0.3 is 5.97 Å². The van der Waals surface area contributed by atoms with Crippen LogP contribution in [0.1, 0.15) is 19.3 Å². The van der Waals surface area contributed by atoms with E-state index in [0.717, 1.165) is 16.9 Å². The molecule has 5 heteroatoms. The van der Waals surface area contributed by atoms with Gasteiger partial charge in [0.2, 0.25) is 0 Å². The topological polar surface area (TPSA) is 75.6 Å². The van der Waals surface area contributed by atoms with Crippen molar-refractivity contribution in [1.82, 2.24) is 0 Å². The summed E-state index contributed by atoms with van der Waals surface area (Å²) in [6, 6.07) is 15.2. The fourth-order valence-electron chi connectivity index (χ4n) is 2.99. The van der Waals surface area contributed by atoms with Gasteiger partial charge in [0.05, 0.1) is 7.11 Å². The lowest BCUT2D eigenvalue weighted by Gasteiger charge is -2.09. The number of hydrogen-bond donors (Lipinski definition) is 2. The molecule has 0 bridgehead atoms. The van der Waals surface area contributed by atoms with Gasteiger partial charge in [-0.05, 0) is 54.7 Å². The van der Waals surface area contributed by atoms with Crippen LogP contribution in [0.15, 0.2) is 59.7 Å². The second-order valence-corrected chi connectivity index (χ2v) is 5.88. The molecule has 2 aromatic rings. The smallest absolute Gasteiger partial charge is 0.332 e. The van der Waals surface area contributed by atoms with Gasteiger partial charge in [-0.3, -0.25) is 4.79 Å². The van der Waals surface area contributed by atoms with Crippen LogP contribution in [0.5, 0.6) is 5.75 Å². The zero-order valence-electron chi connectivity index (χ0n) is 13.9. The summed E-state index contributed by atoms with van der Waals surface area (Å²) in [4.78, 5) is 23.5. The molecule has 1 aliphatic carbocycles. The number of ether oxygens (including phenoxy) is 1. The number of anilines is 1. The lowest BCUT2D eigenvalue weighted by atomic mass is 10.0. The van der Waals surface area contributed by atoms with Crippen LogP contribution >= 0.6 is 0 Å². The molecule has 0 fully saturated rings. The predicted octanol–water partition coefficient (Wildman–Crippen LogP) is 3.87. The molecule has 0 saturated carbocycles. The molecule has 128 valence electrons. The molecule has 0 radical (unpaired) electrons. The van der Waals surface area contributed by atoms with E-state index in [4.69, 9.17) is 9.84 Å². The van der Waals surface area contributed by atoms with Crippen molar-refractivity contribution in [3.8, 4) is 16.9 Å². The summed E-state index contributed by atoms with van der Waals surface area (Å²) in [5, 5.41) is 11.9. The Bertz CT molecular complexity index is 837. The second kappa shape index (κ2) is 7.21. The maximum Gasteiger partial charge on any atom is 0.332 e. The maximum absolute atomic E-state index is 12.3. The Hall–Kier alpha value is -3.08. The van der Waals surface area contributed by atoms with Gasteiger partial charge in [-0.25, -0.2) is 4.79 Å². The molecule has 1 amide bonds. The first-order valence-electron chi connectivity index (χ1n) is 8.09. The summed E-state index contributed by atoms with van der Waals surface area (Å²) in [7, 11) is 1.63. The number of aliphatic carboxylic acids is 1. The summed E-state index contributed by atoms with van der Waals surface area (Å²) >= 11 is 0. The Morgan fingerprint density at radius 1 is 1.00 bits per heavy atom. The SMILES string of the molecule is COc1cccc(-c2ccc(NC(=O)C3=C(C(=O)O)CCC3)cc2)c1. The molecule has 25 heavy (non-hydrogen) atoms. The zero-order valence-corrected chi connectivity index (χ0v) is 13.9. The molecular formula is C20H19NO4. The zero-order chi connectivity index (χ0) is 17.8. The summed E-state index contributed by atoms with van der Waals surface area (Å²) < 4.78 is 5.23. The lowest BCUT2D eigenvalue weighted by Crippen LogP contribution is -2.16. The minimum absolute atomic E-state index is 0.227. The van der Waals surface area contributed by atoms with E-state index < -0.39 is 5.97 Å². The predicted molar refractivity (Wildman–Crippen MR) is 95.6 cm³/mol. The normalized spacial score (nSPS) is 13.6. The molecule has 0 heterocycles. The van der Waals surface area contributed by atoms with Gasteiger partial charge in [-0.1, -0.05) is 24.3 Å². The average Bonchev–Trinajstić information content (AvgIpc) is 3.13. The number of rotatable bonds is 5. The number of carbonyl (C=O) groups excluding carboxylic acids is 1. The second-order valence-electron chi connectivity index (χ2n) is 5.88. The van der Waals surface area contributed by atoms with Crippen LogP contribution in [-0.4, -0.2) is 24.1 Å². The lowest BCUT2D eigenvalue weighted by molar-refractivity contribution is -0.133. The molecule has 0 unspecified atom stereocenters. The number of hydrogen-bond acceptors (Lipinski definition) is 3. The molecule has 0 atom stereocenters. The van der Waals surface area contributed by atoms with Crippen molar-refractivity contribution >= 4 is 17.6 Å². The van der Waals surface area contributed by atoms with Crippen molar-refractivity contribution < 1.29 is 19.4 Å². The van der Waals surface area contributed by atoms with E-state index in [-0.39, 0.29) is 11.5 Å². The molecule has 2 aromatic carbocycles. The van der Waals surface area contributed by atoms with Crippen molar-refractivity contribution in [2.24, 2.45) is 0 Å². The number of methoxy groups -OCH3 is 1. The molecule has 3 rings (SSSR count). The van der Waals surface area contributed by atoms with E-state index in [0.29, 0.717) is 30.5 Å². The highest BCUT2D eigenvalue weighted by Gasteiger charge is 2.25. The van der Waals surface area contributed by atoms with E-state index >= 15 is 0 Å². The Balaban J connectivity index is 1.75. The van der Waals surface area contributed by atoms with Crippen LogP contribution in [0.2, 0.25) is 0 Å². The van der Waals surface area contributed by atoms with Gasteiger partial charge in [0.1, 0.15) is 5.75 Å². The van der Waals surface area contributed by atoms with Crippen molar-refractivity contribution in [3.63, 3.8) is 0 Å². The number of carboxylic acids is 1. The van der Waals surface area contributed by atoms with E-state index in [9.17, 15) is 9.59 Å². The van der Waals surface area contributed by atoms with Crippen molar-refractivity contribution in [2.45, 2.75) is 19.3 Å². The largest absolute Gasteiger partial charge is 0.497 e. The Labute approximate surface area is 145 Å². The maximum atomic E-state index is 12.3. The quantitative estimate of drug-likeness (QED) is 0.868. The molecule has 0 saturated heterocycles. The van der Waals surface area contributed by atoms with Crippen molar-refractivity contribution in [2.75, 3.05) is 12.4 Å². The van der Waals surface area contributed by atoms with Gasteiger partial charge in [0, 0.05) is 16.8 Å². The number of nitrogens with one attached hydrogen (secondary N) is 1. The van der Waals surface area contributed by atoms with Crippen LogP contribution in [-0.2, 0) is 9.59 Å². The minimum Gasteiger partial charge on any atom is -0.497 e. The molecule has 1 aliphatic rings. The Morgan fingerprint density at radius 3 is 2.40 bits per heavy atom. The van der Waals surface area contributed by atoms with Crippen molar-refractivity contribution in [3.05, 3.63) is 59.7 Å². The highest BCUT2D eigenvalue weighted by Crippen LogP contribution is 2.28. The summed E-state index contributed by atoms with van der Waals surface area (Å²) in [6.07, 6.45) is 1.67. The highest BCUT2D eigenvalue weighted by atomic mass is 16.5. The van der Waals surface area contributed by atoms with Crippen molar-refractivity contribution in [1.29, 1.82) is 0 Å². The van der Waals surface area contributed by atoms with E-state index in [2.05, 4.69) is 5.32 Å². The standard InChI is InChI=1S/C20H19NO4/c1-25-16-5-2-4-14(12-16)13-8-10-15(11-9-13)21-19(22)17-6-3-7-18(17)20(23)24/h2,4-5,8-12H,3,6-7H2,1H3,(H,21,22)(H,23,24). The van der Waals surface area contributed by atoms with Gasteiger partial charge in [0.25, 0.3) is 5.91 Å². The number of amides is 1. The van der Waals surface area contributed by atoms with E-state index in [1.54, 1.807) is 7.11 Å². The monoisotopic (exact) mass is 337 g/mol. The van der Waals surface area contributed by atoms with Crippen LogP contribution in [0.3, 0.4) is 0 Å². The molecule has 0 spiro atoms. The molecule has 2 N–H and O–H groups in total. The van der Waals surface area contributed by atoms with Crippen LogP contribution in [0, 0.1) is 0 Å². The van der Waals surface area contributed by atoms with E-state index in [1.165, 1.54) is 0 Å². The summed E-state index contributed by atoms with van der Waals surface area (Å²) in [6.45, 7) is 0. The minimum atomic E-state index is -1.00. The molecular weight excluding hydrogens is 318 g/mol. The van der Waals surface area contributed by atoms with Gasteiger partial charge in [0.15, 0.2) is 0 Å². The van der Waals surface area contributed by atoms with Gasteiger partial charge in [-0.15, -0.1) is 0 Å². The first-order chi connectivity index (χ1) is 12.1. The Morgan fingerprint density at radius 2 is 1.72 bits per heavy atom. The third kappa shape index (κ3) is 3.71. The van der Waals surface area contributed by atoms with Gasteiger partial charge in [-0.2, -0.15) is 0 Å². The van der Waals surface area contributed by atoms with Crippen LogP contribution in [0.25, 0.3) is 11.1 Å². The molecule has 0 aliphatic heterocycles. The first-order valence-corrected chi connectivity index (χ1v) is 8.09. The highest BCUT2D eigenvalue weighted by molar-refractivity contribution is 6.09. The van der Waals surface area contributed by atoms with Crippen LogP contribution < -0.4 is 10.1 Å². The van der Waals surface area contributed by atoms with E-state index in [1.807, 2.05) is 48.5 Å². The number of benzene rings is 2. The third-order valence-electron chi connectivity index (χ3n) is 4.30. The first kappa shape index (κ1) is 16.8. The summed E-state index contributed by atoms with van der Waals surface area (Å²) in [5.74, 6) is -0.552. The fraction of sp³-hybridized carbons (Fsp3) is 0.200. The average molecular weight is 337 g/mol.